The Hall–Kier alpha value is -3.92. The molecule has 1 aliphatic heterocycles. The van der Waals surface area contributed by atoms with Gasteiger partial charge in [0.25, 0.3) is 0 Å². The SMILES string of the molecule is C#CCO[C@H](C)[C@H](NC(=O)[C@H](C)N(C)C(=O)OC(C)(C)C)C(=O)N1CCC[C@H]1CN(CCc1ccccc1)S(=O)(=O)c1ccccc1. The maximum atomic E-state index is 14.2. The molecule has 3 rings (SSSR count). The van der Waals surface area contributed by atoms with Crippen LogP contribution >= 0.6 is 0 Å². The molecule has 4 atom stereocenters. The zero-order chi connectivity index (χ0) is 34.8. The molecular weight excluding hydrogens is 620 g/mol. The van der Waals surface area contributed by atoms with Gasteiger partial charge in [-0.05, 0) is 71.6 Å². The molecule has 0 unspecified atom stereocenters. The van der Waals surface area contributed by atoms with Crippen LogP contribution in [0.2, 0.25) is 0 Å². The lowest BCUT2D eigenvalue weighted by molar-refractivity contribution is -0.142. The highest BCUT2D eigenvalue weighted by molar-refractivity contribution is 7.89. The Bertz CT molecular complexity index is 1490. The van der Waals surface area contributed by atoms with Gasteiger partial charge in [0.15, 0.2) is 0 Å². The van der Waals surface area contributed by atoms with Gasteiger partial charge in [0.05, 0.1) is 11.0 Å². The quantitative estimate of drug-likeness (QED) is 0.305. The van der Waals surface area contributed by atoms with Gasteiger partial charge in [-0.1, -0.05) is 54.5 Å². The molecule has 0 bridgehead atoms. The number of rotatable bonds is 14. The lowest BCUT2D eigenvalue weighted by Gasteiger charge is -2.35. The first kappa shape index (κ1) is 37.5. The maximum absolute atomic E-state index is 14.2. The summed E-state index contributed by atoms with van der Waals surface area (Å²) in [6.07, 6.45) is 5.64. The normalized spacial score (nSPS) is 17.0. The average Bonchev–Trinajstić information content (AvgIpc) is 3.51. The van der Waals surface area contributed by atoms with E-state index >= 15 is 0 Å². The van der Waals surface area contributed by atoms with Crippen molar-refractivity contribution >= 4 is 27.9 Å². The van der Waals surface area contributed by atoms with Crippen LogP contribution in [0, 0.1) is 12.3 Å². The van der Waals surface area contributed by atoms with Crippen molar-refractivity contribution in [1.82, 2.24) is 19.4 Å². The number of benzene rings is 2. The minimum Gasteiger partial charge on any atom is -0.444 e. The van der Waals surface area contributed by atoms with Crippen molar-refractivity contribution in [2.45, 2.75) is 88.6 Å². The minimum absolute atomic E-state index is 0.0772. The molecule has 47 heavy (non-hydrogen) atoms. The summed E-state index contributed by atoms with van der Waals surface area (Å²) in [5.41, 5.74) is 0.235. The number of amides is 3. The van der Waals surface area contributed by atoms with Gasteiger partial charge in [-0.15, -0.1) is 6.42 Å². The Morgan fingerprint density at radius 2 is 1.68 bits per heavy atom. The summed E-state index contributed by atoms with van der Waals surface area (Å²) in [6.45, 7) is 8.94. The highest BCUT2D eigenvalue weighted by Gasteiger charge is 2.40. The number of nitrogens with zero attached hydrogens (tertiary/aromatic N) is 3. The van der Waals surface area contributed by atoms with Crippen LogP contribution in [0.25, 0.3) is 0 Å². The van der Waals surface area contributed by atoms with E-state index in [4.69, 9.17) is 15.9 Å². The zero-order valence-corrected chi connectivity index (χ0v) is 29.0. The molecule has 11 nitrogen and oxygen atoms in total. The molecule has 3 amide bonds. The molecule has 12 heteroatoms. The van der Waals surface area contributed by atoms with Crippen LogP contribution in [0.5, 0.6) is 0 Å². The molecule has 0 radical (unpaired) electrons. The number of nitrogens with one attached hydrogen (secondary N) is 1. The number of likely N-dealkylation sites (N-methyl/N-ethyl adjacent to an activating group) is 1. The molecule has 0 spiro atoms. The number of hydrogen-bond acceptors (Lipinski definition) is 7. The Morgan fingerprint density at radius 1 is 1.06 bits per heavy atom. The highest BCUT2D eigenvalue weighted by atomic mass is 32.2. The van der Waals surface area contributed by atoms with Crippen LogP contribution in [-0.2, 0) is 35.5 Å². The zero-order valence-electron chi connectivity index (χ0n) is 28.2. The highest BCUT2D eigenvalue weighted by Crippen LogP contribution is 2.24. The van der Waals surface area contributed by atoms with Gasteiger partial charge in [0, 0.05) is 32.7 Å². The van der Waals surface area contributed by atoms with Crippen LogP contribution in [0.4, 0.5) is 4.79 Å². The van der Waals surface area contributed by atoms with Crippen molar-refractivity contribution in [3.8, 4) is 12.3 Å². The first-order valence-electron chi connectivity index (χ1n) is 15.9. The first-order valence-corrected chi connectivity index (χ1v) is 17.3. The summed E-state index contributed by atoms with van der Waals surface area (Å²) in [5.74, 6) is 1.38. The third kappa shape index (κ3) is 10.5. The van der Waals surface area contributed by atoms with E-state index in [1.54, 1.807) is 62.9 Å². The van der Waals surface area contributed by atoms with Gasteiger partial charge in [0.2, 0.25) is 21.8 Å². The van der Waals surface area contributed by atoms with E-state index in [9.17, 15) is 22.8 Å². The third-order valence-corrected chi connectivity index (χ3v) is 9.93. The van der Waals surface area contributed by atoms with E-state index < -0.39 is 57.8 Å². The van der Waals surface area contributed by atoms with Crippen LogP contribution in [0.3, 0.4) is 0 Å². The van der Waals surface area contributed by atoms with Crippen molar-refractivity contribution < 1.29 is 32.3 Å². The smallest absolute Gasteiger partial charge is 0.410 e. The van der Waals surface area contributed by atoms with E-state index in [1.165, 1.54) is 18.3 Å². The number of carbonyl (C=O) groups is 3. The van der Waals surface area contributed by atoms with Crippen molar-refractivity contribution in [3.63, 3.8) is 0 Å². The van der Waals surface area contributed by atoms with Gasteiger partial charge >= 0.3 is 6.09 Å². The summed E-state index contributed by atoms with van der Waals surface area (Å²) in [5, 5.41) is 2.77. The van der Waals surface area contributed by atoms with E-state index in [-0.39, 0.29) is 24.6 Å². The summed E-state index contributed by atoms with van der Waals surface area (Å²) < 4.78 is 40.3. The number of hydrogen-bond donors (Lipinski definition) is 1. The Labute approximate surface area is 279 Å². The number of ether oxygens (including phenoxy) is 2. The number of terminal acetylenes is 1. The van der Waals surface area contributed by atoms with E-state index in [2.05, 4.69) is 11.2 Å². The number of carbonyl (C=O) groups excluding carboxylic acids is 3. The molecule has 1 heterocycles. The Kier molecular flexibility index (Phi) is 13.4. The van der Waals surface area contributed by atoms with Crippen molar-refractivity contribution in [2.24, 2.45) is 0 Å². The maximum Gasteiger partial charge on any atom is 0.410 e. The fourth-order valence-electron chi connectivity index (χ4n) is 5.28. The van der Waals surface area contributed by atoms with Gasteiger partial charge in [-0.3, -0.25) is 14.5 Å². The van der Waals surface area contributed by atoms with Crippen molar-refractivity contribution in [3.05, 3.63) is 66.2 Å². The monoisotopic (exact) mass is 668 g/mol. The van der Waals surface area contributed by atoms with Crippen LogP contribution in [0.15, 0.2) is 65.6 Å². The third-order valence-electron chi connectivity index (χ3n) is 8.05. The van der Waals surface area contributed by atoms with Crippen molar-refractivity contribution in [1.29, 1.82) is 0 Å². The molecule has 1 N–H and O–H groups in total. The topological polar surface area (TPSA) is 126 Å². The number of likely N-dealkylation sites (tertiary alicyclic amines) is 1. The average molecular weight is 669 g/mol. The fourth-order valence-corrected chi connectivity index (χ4v) is 6.78. The largest absolute Gasteiger partial charge is 0.444 e. The van der Waals surface area contributed by atoms with Gasteiger partial charge in [-0.2, -0.15) is 4.31 Å². The predicted molar refractivity (Wildman–Crippen MR) is 180 cm³/mol. The molecule has 2 aromatic carbocycles. The molecule has 2 aromatic rings. The molecule has 1 saturated heterocycles. The second kappa shape index (κ2) is 16.8. The van der Waals surface area contributed by atoms with E-state index in [1.807, 2.05) is 30.3 Å². The van der Waals surface area contributed by atoms with Crippen LogP contribution in [0.1, 0.15) is 53.0 Å². The fraction of sp³-hybridized carbons (Fsp3) is 0.514. The summed E-state index contributed by atoms with van der Waals surface area (Å²) >= 11 is 0. The molecule has 1 fully saturated rings. The van der Waals surface area contributed by atoms with Gasteiger partial charge in [-0.25, -0.2) is 13.2 Å². The van der Waals surface area contributed by atoms with Crippen molar-refractivity contribution in [2.75, 3.05) is 33.3 Å². The number of sulfonamides is 1. The standard InChI is InChI=1S/C35H48N4O7S/c1-8-24-45-27(3)31(36-32(40)26(2)37(7)34(42)46-35(4,5)6)33(41)39-22-15-18-29(39)25-38(23-21-28-16-11-9-12-17-28)47(43,44)30-19-13-10-14-20-30/h1,9-14,16-17,19-20,26-27,29,31H,15,18,21-25H2,2-7H3,(H,36,40)/t26-,27+,29-,31-/m0/s1. The lowest BCUT2D eigenvalue weighted by Crippen LogP contribution is -2.59. The van der Waals surface area contributed by atoms with E-state index in [0.29, 0.717) is 25.8 Å². The second-order valence-corrected chi connectivity index (χ2v) is 14.7. The summed E-state index contributed by atoms with van der Waals surface area (Å²) in [6, 6.07) is 15.3. The minimum atomic E-state index is -3.89. The van der Waals surface area contributed by atoms with E-state index in [0.717, 1.165) is 10.5 Å². The summed E-state index contributed by atoms with van der Waals surface area (Å²) in [4.78, 5) is 43.2. The summed E-state index contributed by atoms with van der Waals surface area (Å²) in [7, 11) is -2.44. The predicted octanol–water partition coefficient (Wildman–Crippen LogP) is 3.69. The lowest BCUT2D eigenvalue weighted by atomic mass is 10.1. The molecule has 256 valence electrons. The van der Waals surface area contributed by atoms with Gasteiger partial charge in [0.1, 0.15) is 24.3 Å². The second-order valence-electron chi connectivity index (χ2n) is 12.7. The molecule has 0 aliphatic carbocycles. The molecule has 1 aliphatic rings. The first-order chi connectivity index (χ1) is 22.2. The van der Waals surface area contributed by atoms with Gasteiger partial charge < -0.3 is 19.7 Å². The van der Waals surface area contributed by atoms with Crippen LogP contribution in [-0.4, -0.2) is 104 Å². The molecule has 0 saturated carbocycles. The Balaban J connectivity index is 1.85. The molecule has 0 aromatic heterocycles. The Morgan fingerprint density at radius 3 is 2.28 bits per heavy atom. The van der Waals surface area contributed by atoms with Crippen LogP contribution < -0.4 is 5.32 Å². The molecular formula is C35H48N4O7S.